The summed E-state index contributed by atoms with van der Waals surface area (Å²) in [7, 11) is 0. The highest BCUT2D eigenvalue weighted by Crippen LogP contribution is 2.44. The summed E-state index contributed by atoms with van der Waals surface area (Å²) in [6, 6.07) is 15.7. The van der Waals surface area contributed by atoms with Crippen molar-refractivity contribution in [1.29, 1.82) is 5.26 Å². The molecule has 0 aliphatic heterocycles. The van der Waals surface area contributed by atoms with Crippen LogP contribution >= 0.6 is 0 Å². The van der Waals surface area contributed by atoms with Gasteiger partial charge in [0.1, 0.15) is 6.61 Å². The predicted molar refractivity (Wildman–Crippen MR) is 89.5 cm³/mol. The van der Waals surface area contributed by atoms with Gasteiger partial charge in [0.2, 0.25) is 5.54 Å². The number of esters is 1. The topological polar surface area (TPSA) is 99.4 Å². The number of nitriles is 1. The molecule has 1 atom stereocenters. The number of carbonyl (C=O) groups excluding carboxylic acids is 1. The molecule has 6 heteroatoms. The van der Waals surface area contributed by atoms with Crippen LogP contribution in [-0.4, -0.2) is 29.2 Å². The summed E-state index contributed by atoms with van der Waals surface area (Å²) >= 11 is 0. The van der Waals surface area contributed by atoms with E-state index in [1.807, 2.05) is 53.8 Å². The molecule has 0 amide bonds. The van der Waals surface area contributed by atoms with E-state index < -0.39 is 17.5 Å². The number of carboxylic acids is 1. The molecule has 2 aromatic rings. The van der Waals surface area contributed by atoms with E-state index in [0.29, 0.717) is 0 Å². The standard InChI is InChI=1S/C19H16N2O4/c1-19(17(22)23,21-11-20)18(24)25-10-16-14-8-4-2-6-12(14)13-7-3-5-9-15(13)16/h2-9,16,21H,10H2,1H3,(H,22,23). The summed E-state index contributed by atoms with van der Waals surface area (Å²) in [5, 5.41) is 19.9. The number of hydrogen-bond donors (Lipinski definition) is 2. The number of hydrogen-bond acceptors (Lipinski definition) is 5. The maximum atomic E-state index is 12.3. The highest BCUT2D eigenvalue weighted by Gasteiger charge is 2.44. The van der Waals surface area contributed by atoms with Gasteiger partial charge in [-0.15, -0.1) is 0 Å². The number of aliphatic carboxylic acids is 1. The molecule has 0 radical (unpaired) electrons. The van der Waals surface area contributed by atoms with Gasteiger partial charge in [0, 0.05) is 5.92 Å². The molecule has 2 aromatic carbocycles. The maximum absolute atomic E-state index is 12.3. The summed E-state index contributed by atoms with van der Waals surface area (Å²) in [5.74, 6) is -2.63. The number of carbonyl (C=O) groups is 2. The molecule has 0 heterocycles. The number of nitrogens with one attached hydrogen (secondary N) is 1. The van der Waals surface area contributed by atoms with Crippen molar-refractivity contribution in [2.75, 3.05) is 6.61 Å². The van der Waals surface area contributed by atoms with Crippen molar-refractivity contribution in [1.82, 2.24) is 5.32 Å². The number of carboxylic acid groups (broad SMARTS) is 1. The zero-order valence-corrected chi connectivity index (χ0v) is 13.5. The van der Waals surface area contributed by atoms with Gasteiger partial charge in [0.05, 0.1) is 0 Å². The second-order valence-corrected chi connectivity index (χ2v) is 5.99. The van der Waals surface area contributed by atoms with E-state index in [0.717, 1.165) is 29.2 Å². The quantitative estimate of drug-likeness (QED) is 0.376. The number of nitrogens with zero attached hydrogens (tertiary/aromatic N) is 1. The van der Waals surface area contributed by atoms with Crippen LogP contribution in [0, 0.1) is 11.5 Å². The van der Waals surface area contributed by atoms with Crippen molar-refractivity contribution >= 4 is 11.9 Å². The van der Waals surface area contributed by atoms with Gasteiger partial charge in [-0.05, 0) is 29.2 Å². The van der Waals surface area contributed by atoms with Crippen molar-refractivity contribution in [3.8, 4) is 17.3 Å². The van der Waals surface area contributed by atoms with Crippen LogP contribution in [-0.2, 0) is 14.3 Å². The first kappa shape index (κ1) is 16.5. The molecule has 0 aromatic heterocycles. The lowest BCUT2D eigenvalue weighted by Crippen LogP contribution is -2.55. The molecule has 0 spiro atoms. The molecule has 1 unspecified atom stereocenters. The Bertz CT molecular complexity index is 841. The van der Waals surface area contributed by atoms with Gasteiger partial charge in [-0.1, -0.05) is 48.5 Å². The molecule has 1 aliphatic rings. The molecule has 2 N–H and O–H groups in total. The molecular weight excluding hydrogens is 320 g/mol. The van der Waals surface area contributed by atoms with Crippen molar-refractivity contribution in [3.63, 3.8) is 0 Å². The van der Waals surface area contributed by atoms with Crippen LogP contribution in [0.2, 0.25) is 0 Å². The number of benzene rings is 2. The third-order valence-electron chi connectivity index (χ3n) is 4.49. The van der Waals surface area contributed by atoms with Crippen molar-refractivity contribution in [3.05, 3.63) is 59.7 Å². The summed E-state index contributed by atoms with van der Waals surface area (Å²) < 4.78 is 5.29. The summed E-state index contributed by atoms with van der Waals surface area (Å²) in [5.41, 5.74) is 2.11. The number of ether oxygens (including phenoxy) is 1. The Morgan fingerprint density at radius 1 is 1.16 bits per heavy atom. The van der Waals surface area contributed by atoms with Gasteiger partial charge in [-0.25, -0.2) is 9.59 Å². The van der Waals surface area contributed by atoms with E-state index in [1.54, 1.807) is 0 Å². The highest BCUT2D eigenvalue weighted by molar-refractivity contribution is 6.03. The van der Waals surface area contributed by atoms with Crippen LogP contribution in [0.3, 0.4) is 0 Å². The second-order valence-electron chi connectivity index (χ2n) is 5.99. The molecule has 3 rings (SSSR count). The first-order chi connectivity index (χ1) is 12.0. The lowest BCUT2D eigenvalue weighted by Gasteiger charge is -2.22. The molecule has 0 saturated carbocycles. The third-order valence-corrected chi connectivity index (χ3v) is 4.49. The Hall–Kier alpha value is -3.33. The summed E-state index contributed by atoms with van der Waals surface area (Å²) in [6.45, 7) is 1.11. The molecule has 0 bridgehead atoms. The average molecular weight is 336 g/mol. The van der Waals surface area contributed by atoms with Crippen LogP contribution in [0.4, 0.5) is 0 Å². The smallest absolute Gasteiger partial charge is 0.344 e. The molecule has 0 fully saturated rings. The Labute approximate surface area is 144 Å². The van der Waals surface area contributed by atoms with Gasteiger partial charge in [-0.3, -0.25) is 5.32 Å². The largest absolute Gasteiger partial charge is 0.479 e. The lowest BCUT2D eigenvalue weighted by molar-refractivity contribution is -0.161. The molecule has 0 saturated heterocycles. The fourth-order valence-electron chi connectivity index (χ4n) is 3.05. The second kappa shape index (κ2) is 6.29. The fraction of sp³-hybridized carbons (Fsp3) is 0.211. The van der Waals surface area contributed by atoms with Crippen molar-refractivity contribution < 1.29 is 19.4 Å². The SMILES string of the molecule is CC(NC#N)(C(=O)O)C(=O)OCC1c2ccccc2-c2ccccc21. The molecule has 1 aliphatic carbocycles. The number of fused-ring (bicyclic) bond motifs is 3. The average Bonchev–Trinajstić information content (AvgIpc) is 2.93. The van der Waals surface area contributed by atoms with Gasteiger partial charge in [-0.2, -0.15) is 5.26 Å². The van der Waals surface area contributed by atoms with Gasteiger partial charge < -0.3 is 9.84 Å². The van der Waals surface area contributed by atoms with Crippen LogP contribution in [0.15, 0.2) is 48.5 Å². The minimum atomic E-state index is -2.10. The van der Waals surface area contributed by atoms with Gasteiger partial charge >= 0.3 is 11.9 Å². The minimum absolute atomic E-state index is 0.00282. The van der Waals surface area contributed by atoms with Crippen molar-refractivity contribution in [2.45, 2.75) is 18.4 Å². The van der Waals surface area contributed by atoms with Crippen LogP contribution in [0.1, 0.15) is 24.0 Å². The molecule has 6 nitrogen and oxygen atoms in total. The van der Waals surface area contributed by atoms with Gasteiger partial charge in [0.25, 0.3) is 0 Å². The van der Waals surface area contributed by atoms with E-state index in [9.17, 15) is 14.7 Å². The van der Waals surface area contributed by atoms with Crippen LogP contribution < -0.4 is 5.32 Å². The Balaban J connectivity index is 1.86. The molecule has 126 valence electrons. The lowest BCUT2D eigenvalue weighted by atomic mass is 9.97. The normalized spacial score (nSPS) is 14.6. The van der Waals surface area contributed by atoms with Crippen molar-refractivity contribution in [2.24, 2.45) is 0 Å². The van der Waals surface area contributed by atoms with E-state index in [2.05, 4.69) is 0 Å². The Kier molecular flexibility index (Phi) is 4.15. The zero-order valence-electron chi connectivity index (χ0n) is 13.5. The van der Waals surface area contributed by atoms with Crippen LogP contribution in [0.5, 0.6) is 0 Å². The third kappa shape index (κ3) is 2.70. The summed E-state index contributed by atoms with van der Waals surface area (Å²) in [4.78, 5) is 23.6. The molecule has 25 heavy (non-hydrogen) atoms. The first-order valence-corrected chi connectivity index (χ1v) is 7.74. The Morgan fingerprint density at radius 3 is 2.16 bits per heavy atom. The monoisotopic (exact) mass is 336 g/mol. The van der Waals surface area contributed by atoms with E-state index in [4.69, 9.17) is 10.00 Å². The number of rotatable bonds is 5. The van der Waals surface area contributed by atoms with E-state index >= 15 is 0 Å². The van der Waals surface area contributed by atoms with E-state index in [1.165, 1.54) is 6.19 Å². The maximum Gasteiger partial charge on any atom is 0.344 e. The van der Waals surface area contributed by atoms with Crippen LogP contribution in [0.25, 0.3) is 11.1 Å². The minimum Gasteiger partial charge on any atom is -0.479 e. The van der Waals surface area contributed by atoms with E-state index in [-0.39, 0.29) is 12.5 Å². The first-order valence-electron chi connectivity index (χ1n) is 7.74. The van der Waals surface area contributed by atoms with Gasteiger partial charge in [0.15, 0.2) is 6.19 Å². The Morgan fingerprint density at radius 2 is 1.68 bits per heavy atom. The zero-order chi connectivity index (χ0) is 18.0. The summed E-state index contributed by atoms with van der Waals surface area (Å²) in [6.07, 6.45) is 1.50. The fourth-order valence-corrected chi connectivity index (χ4v) is 3.05. The predicted octanol–water partition coefficient (Wildman–Crippen LogP) is 2.26. The molecular formula is C19H16N2O4. The highest BCUT2D eigenvalue weighted by atomic mass is 16.5.